The van der Waals surface area contributed by atoms with Gasteiger partial charge in [0.05, 0.1) is 13.2 Å². The van der Waals surface area contributed by atoms with E-state index in [0.29, 0.717) is 42.8 Å². The van der Waals surface area contributed by atoms with Crippen molar-refractivity contribution in [1.29, 1.82) is 0 Å². The Morgan fingerprint density at radius 2 is 1.60 bits per heavy atom. The van der Waals surface area contributed by atoms with Crippen LogP contribution in [0.4, 0.5) is 0 Å². The van der Waals surface area contributed by atoms with Gasteiger partial charge in [0, 0.05) is 12.6 Å². The molecule has 0 unspecified atom stereocenters. The Morgan fingerprint density at radius 1 is 1.05 bits per heavy atom. The van der Waals surface area contributed by atoms with Crippen LogP contribution in [0.2, 0.25) is 0 Å². The van der Waals surface area contributed by atoms with E-state index in [0.717, 1.165) is 0 Å². The molecule has 2 N–H and O–H groups in total. The average Bonchev–Trinajstić information content (AvgIpc) is 2.46. The molecule has 6 nitrogen and oxygen atoms in total. The minimum Gasteiger partial charge on any atom is -0.490 e. The number of carbonyl (C=O) groups is 1. The Hall–Kier alpha value is -1.95. The molecule has 6 heteroatoms. The molecule has 0 spiro atoms. The van der Waals surface area contributed by atoms with Gasteiger partial charge in [0.1, 0.15) is 6.73 Å². The standard InChI is InChI=1S/C14H22N2O4/c1-5-18-11-7-10(14(17)16-4)8-12(19-6-2)13(11)20-9-15-3/h7-8,15H,5-6,9H2,1-4H3,(H,16,17). The van der Waals surface area contributed by atoms with Crippen LogP contribution < -0.4 is 24.8 Å². The summed E-state index contributed by atoms with van der Waals surface area (Å²) in [7, 11) is 3.36. The van der Waals surface area contributed by atoms with E-state index in [9.17, 15) is 4.79 Å². The number of amides is 1. The SMILES string of the molecule is CCOc1cc(C(=O)NC)cc(OCC)c1OCNC. The highest BCUT2D eigenvalue weighted by Crippen LogP contribution is 2.39. The normalized spacial score (nSPS) is 10.0. The van der Waals surface area contributed by atoms with E-state index < -0.39 is 0 Å². The Labute approximate surface area is 119 Å². The van der Waals surface area contributed by atoms with Crippen LogP contribution in [0.3, 0.4) is 0 Å². The number of nitrogens with one attached hydrogen (secondary N) is 2. The van der Waals surface area contributed by atoms with Crippen LogP contribution in [0, 0.1) is 0 Å². The molecule has 1 amide bonds. The van der Waals surface area contributed by atoms with E-state index in [4.69, 9.17) is 14.2 Å². The van der Waals surface area contributed by atoms with Gasteiger partial charge in [-0.2, -0.15) is 0 Å². The number of carbonyl (C=O) groups excluding carboxylic acids is 1. The van der Waals surface area contributed by atoms with Gasteiger partial charge < -0.3 is 19.5 Å². The first kappa shape index (κ1) is 16.1. The van der Waals surface area contributed by atoms with Crippen molar-refractivity contribution in [2.45, 2.75) is 13.8 Å². The van der Waals surface area contributed by atoms with Gasteiger partial charge in [-0.25, -0.2) is 0 Å². The maximum absolute atomic E-state index is 11.8. The molecule has 0 heterocycles. The molecule has 0 radical (unpaired) electrons. The van der Waals surface area contributed by atoms with Crippen LogP contribution in [-0.4, -0.2) is 39.9 Å². The molecule has 0 fully saturated rings. The molecule has 0 aliphatic rings. The van der Waals surface area contributed by atoms with Crippen molar-refractivity contribution in [3.05, 3.63) is 17.7 Å². The largest absolute Gasteiger partial charge is 0.490 e. The summed E-state index contributed by atoms with van der Waals surface area (Å²) in [6.07, 6.45) is 0. The van der Waals surface area contributed by atoms with Gasteiger partial charge in [0.15, 0.2) is 11.5 Å². The second kappa shape index (κ2) is 8.27. The number of hydrogen-bond acceptors (Lipinski definition) is 5. The van der Waals surface area contributed by atoms with Crippen molar-refractivity contribution < 1.29 is 19.0 Å². The fourth-order valence-corrected chi connectivity index (χ4v) is 1.66. The molecule has 0 aromatic heterocycles. The summed E-state index contributed by atoms with van der Waals surface area (Å²) in [5, 5.41) is 5.47. The van der Waals surface area contributed by atoms with Crippen LogP contribution in [0.1, 0.15) is 24.2 Å². The summed E-state index contributed by atoms with van der Waals surface area (Å²) in [6, 6.07) is 3.30. The summed E-state index contributed by atoms with van der Waals surface area (Å²) >= 11 is 0. The molecular weight excluding hydrogens is 260 g/mol. The molecule has 1 aromatic rings. The first-order valence-electron chi connectivity index (χ1n) is 6.60. The average molecular weight is 282 g/mol. The minimum atomic E-state index is -0.202. The van der Waals surface area contributed by atoms with Crippen LogP contribution in [0.5, 0.6) is 17.2 Å². The molecule has 0 atom stereocenters. The highest BCUT2D eigenvalue weighted by atomic mass is 16.5. The van der Waals surface area contributed by atoms with Gasteiger partial charge in [-0.15, -0.1) is 0 Å². The van der Waals surface area contributed by atoms with Crippen molar-refractivity contribution in [2.24, 2.45) is 0 Å². The Morgan fingerprint density at radius 3 is 2.00 bits per heavy atom. The van der Waals surface area contributed by atoms with E-state index in [1.54, 1.807) is 26.2 Å². The lowest BCUT2D eigenvalue weighted by Crippen LogP contribution is -2.19. The third-order valence-electron chi connectivity index (χ3n) is 2.47. The first-order valence-corrected chi connectivity index (χ1v) is 6.60. The van der Waals surface area contributed by atoms with Gasteiger partial charge in [-0.3, -0.25) is 10.1 Å². The summed E-state index contributed by atoms with van der Waals surface area (Å²) in [6.45, 7) is 5.00. The zero-order valence-electron chi connectivity index (χ0n) is 12.4. The number of benzene rings is 1. The lowest BCUT2D eigenvalue weighted by molar-refractivity contribution is 0.0962. The van der Waals surface area contributed by atoms with E-state index in [-0.39, 0.29) is 5.91 Å². The second-order valence-electron chi connectivity index (χ2n) is 3.89. The van der Waals surface area contributed by atoms with Gasteiger partial charge in [-0.1, -0.05) is 0 Å². The quantitative estimate of drug-likeness (QED) is 0.705. The Kier molecular flexibility index (Phi) is 6.66. The van der Waals surface area contributed by atoms with Crippen molar-refractivity contribution in [3.8, 4) is 17.2 Å². The lowest BCUT2D eigenvalue weighted by Gasteiger charge is -2.17. The van der Waals surface area contributed by atoms with Crippen LogP contribution in [0.15, 0.2) is 12.1 Å². The maximum atomic E-state index is 11.8. The maximum Gasteiger partial charge on any atom is 0.251 e. The smallest absolute Gasteiger partial charge is 0.251 e. The monoisotopic (exact) mass is 282 g/mol. The van der Waals surface area contributed by atoms with Crippen LogP contribution >= 0.6 is 0 Å². The molecule has 112 valence electrons. The molecule has 0 aliphatic heterocycles. The van der Waals surface area contributed by atoms with E-state index in [1.807, 2.05) is 13.8 Å². The van der Waals surface area contributed by atoms with E-state index in [2.05, 4.69) is 10.6 Å². The van der Waals surface area contributed by atoms with Gasteiger partial charge in [0.2, 0.25) is 5.75 Å². The highest BCUT2D eigenvalue weighted by Gasteiger charge is 2.17. The van der Waals surface area contributed by atoms with E-state index >= 15 is 0 Å². The molecule has 20 heavy (non-hydrogen) atoms. The summed E-state index contributed by atoms with van der Waals surface area (Å²) < 4.78 is 16.7. The predicted octanol–water partition coefficient (Wildman–Crippen LogP) is 1.40. The topological polar surface area (TPSA) is 68.8 Å². The number of ether oxygens (including phenoxy) is 3. The minimum absolute atomic E-state index is 0.202. The zero-order valence-corrected chi connectivity index (χ0v) is 12.4. The molecule has 1 aromatic carbocycles. The molecule has 0 saturated heterocycles. The predicted molar refractivity (Wildman–Crippen MR) is 76.7 cm³/mol. The van der Waals surface area contributed by atoms with Gasteiger partial charge in [0.25, 0.3) is 5.91 Å². The molecular formula is C14H22N2O4. The number of hydrogen-bond donors (Lipinski definition) is 2. The molecule has 0 bridgehead atoms. The fourth-order valence-electron chi connectivity index (χ4n) is 1.66. The van der Waals surface area contributed by atoms with Crippen molar-refractivity contribution in [3.63, 3.8) is 0 Å². The highest BCUT2D eigenvalue weighted by molar-refractivity contribution is 5.95. The van der Waals surface area contributed by atoms with Crippen molar-refractivity contribution >= 4 is 5.91 Å². The van der Waals surface area contributed by atoms with Crippen LogP contribution in [0.25, 0.3) is 0 Å². The zero-order chi connectivity index (χ0) is 15.0. The third kappa shape index (κ3) is 4.03. The summed E-state index contributed by atoms with van der Waals surface area (Å²) in [4.78, 5) is 11.8. The summed E-state index contributed by atoms with van der Waals surface area (Å²) in [5.41, 5.74) is 0.469. The molecule has 1 rings (SSSR count). The first-order chi connectivity index (χ1) is 9.67. The summed E-state index contributed by atoms with van der Waals surface area (Å²) in [5.74, 6) is 1.28. The van der Waals surface area contributed by atoms with E-state index in [1.165, 1.54) is 0 Å². The number of rotatable bonds is 8. The van der Waals surface area contributed by atoms with Crippen LogP contribution in [-0.2, 0) is 0 Å². The van der Waals surface area contributed by atoms with Gasteiger partial charge >= 0.3 is 0 Å². The molecule has 0 aliphatic carbocycles. The Balaban J connectivity index is 3.25. The second-order valence-corrected chi connectivity index (χ2v) is 3.89. The van der Waals surface area contributed by atoms with Gasteiger partial charge in [-0.05, 0) is 33.0 Å². The lowest BCUT2D eigenvalue weighted by atomic mass is 10.1. The Bertz CT molecular complexity index is 422. The fraction of sp³-hybridized carbons (Fsp3) is 0.500. The third-order valence-corrected chi connectivity index (χ3v) is 2.47. The van der Waals surface area contributed by atoms with Crippen molar-refractivity contribution in [1.82, 2.24) is 10.6 Å². The van der Waals surface area contributed by atoms with Crippen molar-refractivity contribution in [2.75, 3.05) is 34.0 Å². The molecule has 0 saturated carbocycles.